The predicted molar refractivity (Wildman–Crippen MR) is 106 cm³/mol. The Morgan fingerprint density at radius 2 is 1.63 bits per heavy atom. The number of nitrogens with zero attached hydrogens (tertiary/aromatic N) is 1. The van der Waals surface area contributed by atoms with Crippen molar-refractivity contribution >= 4 is 17.4 Å². The molecule has 2 rings (SSSR count). The van der Waals surface area contributed by atoms with E-state index in [1.165, 1.54) is 6.92 Å². The van der Waals surface area contributed by atoms with Crippen LogP contribution in [0.25, 0.3) is 0 Å². The molecular weight excluding hydrogens is 344 g/mol. The number of hydrogen-bond donors (Lipinski definition) is 1. The number of ether oxygens (including phenoxy) is 2. The Kier molecular flexibility index (Phi) is 7.37. The lowest BCUT2D eigenvalue weighted by atomic mass is 10.1. The standard InChI is InChI=1S/C21H26N2O4/c1-15(21(25)22-18-7-5-17(6-8-18)16(2)24)23(3)13-14-27-20-11-9-19(26-4)10-12-20/h5-12,15H,13-14H2,1-4H3,(H,22,25)/t15-/m1/s1. The Morgan fingerprint density at radius 3 is 2.19 bits per heavy atom. The summed E-state index contributed by atoms with van der Waals surface area (Å²) >= 11 is 0. The molecule has 2 aromatic rings. The van der Waals surface area contributed by atoms with E-state index in [4.69, 9.17) is 9.47 Å². The van der Waals surface area contributed by atoms with E-state index in [9.17, 15) is 9.59 Å². The Balaban J connectivity index is 1.79. The molecule has 144 valence electrons. The van der Waals surface area contributed by atoms with E-state index < -0.39 is 0 Å². The summed E-state index contributed by atoms with van der Waals surface area (Å²) in [6.07, 6.45) is 0. The van der Waals surface area contributed by atoms with Gasteiger partial charge in [-0.25, -0.2) is 0 Å². The van der Waals surface area contributed by atoms with E-state index in [-0.39, 0.29) is 17.7 Å². The van der Waals surface area contributed by atoms with Gasteiger partial charge in [-0.05, 0) is 69.4 Å². The molecule has 0 saturated heterocycles. The minimum absolute atomic E-state index is 0.00200. The van der Waals surface area contributed by atoms with Crippen LogP contribution in [-0.2, 0) is 4.79 Å². The Hall–Kier alpha value is -2.86. The average Bonchev–Trinajstić information content (AvgIpc) is 2.68. The van der Waals surface area contributed by atoms with Gasteiger partial charge in [0.2, 0.25) is 5.91 Å². The van der Waals surface area contributed by atoms with Crippen molar-refractivity contribution in [3.05, 3.63) is 54.1 Å². The summed E-state index contributed by atoms with van der Waals surface area (Å²) in [5.74, 6) is 1.42. The highest BCUT2D eigenvalue weighted by molar-refractivity contribution is 5.96. The first kappa shape index (κ1) is 20.5. The monoisotopic (exact) mass is 370 g/mol. The molecule has 6 heteroatoms. The van der Waals surface area contributed by atoms with Crippen molar-refractivity contribution in [1.82, 2.24) is 4.90 Å². The molecule has 0 heterocycles. The third-order valence-electron chi connectivity index (χ3n) is 4.37. The van der Waals surface area contributed by atoms with Crippen LogP contribution in [0.3, 0.4) is 0 Å². The summed E-state index contributed by atoms with van der Waals surface area (Å²) in [5.41, 5.74) is 1.29. The lowest BCUT2D eigenvalue weighted by Crippen LogP contribution is -2.41. The number of nitrogens with one attached hydrogen (secondary N) is 1. The van der Waals surface area contributed by atoms with Crippen LogP contribution in [0.5, 0.6) is 11.5 Å². The van der Waals surface area contributed by atoms with Crippen LogP contribution < -0.4 is 14.8 Å². The topological polar surface area (TPSA) is 67.9 Å². The molecule has 0 aliphatic heterocycles. The van der Waals surface area contributed by atoms with Crippen LogP contribution in [0.1, 0.15) is 24.2 Å². The molecule has 2 aromatic carbocycles. The molecule has 1 atom stereocenters. The van der Waals surface area contributed by atoms with Crippen molar-refractivity contribution in [2.75, 3.05) is 32.6 Å². The zero-order chi connectivity index (χ0) is 19.8. The summed E-state index contributed by atoms with van der Waals surface area (Å²) < 4.78 is 10.8. The molecular formula is C21H26N2O4. The summed E-state index contributed by atoms with van der Waals surface area (Å²) in [5, 5.41) is 2.86. The maximum Gasteiger partial charge on any atom is 0.241 e. The first-order valence-corrected chi connectivity index (χ1v) is 8.79. The number of anilines is 1. The van der Waals surface area contributed by atoms with E-state index in [1.807, 2.05) is 43.1 Å². The molecule has 27 heavy (non-hydrogen) atoms. The van der Waals surface area contributed by atoms with Gasteiger partial charge in [0, 0.05) is 17.8 Å². The van der Waals surface area contributed by atoms with Gasteiger partial charge in [0.1, 0.15) is 18.1 Å². The Labute approximate surface area is 160 Å². The smallest absolute Gasteiger partial charge is 0.241 e. The minimum atomic E-state index is -0.322. The van der Waals surface area contributed by atoms with Gasteiger partial charge in [-0.15, -0.1) is 0 Å². The SMILES string of the molecule is COc1ccc(OCCN(C)[C@H](C)C(=O)Nc2ccc(C(C)=O)cc2)cc1. The second-order valence-electron chi connectivity index (χ2n) is 6.30. The zero-order valence-electron chi connectivity index (χ0n) is 16.2. The van der Waals surface area contributed by atoms with Crippen molar-refractivity contribution in [1.29, 1.82) is 0 Å². The Morgan fingerprint density at radius 1 is 1.04 bits per heavy atom. The van der Waals surface area contributed by atoms with Crippen molar-refractivity contribution in [3.63, 3.8) is 0 Å². The van der Waals surface area contributed by atoms with Gasteiger partial charge in [-0.2, -0.15) is 0 Å². The quantitative estimate of drug-likeness (QED) is 0.687. The van der Waals surface area contributed by atoms with E-state index in [0.29, 0.717) is 24.4 Å². The molecule has 0 bridgehead atoms. The van der Waals surface area contributed by atoms with Gasteiger partial charge in [-0.3, -0.25) is 14.5 Å². The summed E-state index contributed by atoms with van der Waals surface area (Å²) in [6.45, 7) is 4.42. The summed E-state index contributed by atoms with van der Waals surface area (Å²) in [6, 6.07) is 13.9. The molecule has 1 amide bonds. The molecule has 0 saturated carbocycles. The van der Waals surface area contributed by atoms with E-state index >= 15 is 0 Å². The number of likely N-dealkylation sites (N-methyl/N-ethyl adjacent to an activating group) is 1. The van der Waals surface area contributed by atoms with Crippen LogP contribution in [0, 0.1) is 0 Å². The molecule has 1 N–H and O–H groups in total. The van der Waals surface area contributed by atoms with Crippen molar-refractivity contribution < 1.29 is 19.1 Å². The van der Waals surface area contributed by atoms with Gasteiger partial charge >= 0.3 is 0 Å². The fourth-order valence-corrected chi connectivity index (χ4v) is 2.41. The van der Waals surface area contributed by atoms with Crippen molar-refractivity contribution in [3.8, 4) is 11.5 Å². The molecule has 0 fully saturated rings. The number of hydrogen-bond acceptors (Lipinski definition) is 5. The second kappa shape index (κ2) is 9.73. The predicted octanol–water partition coefficient (Wildman–Crippen LogP) is 3.24. The molecule has 0 aliphatic carbocycles. The van der Waals surface area contributed by atoms with Crippen LogP contribution in [0.15, 0.2) is 48.5 Å². The number of ketones is 1. The third kappa shape index (κ3) is 6.11. The summed E-state index contributed by atoms with van der Waals surface area (Å²) in [7, 11) is 3.50. The molecule has 0 radical (unpaired) electrons. The van der Waals surface area contributed by atoms with Gasteiger partial charge < -0.3 is 14.8 Å². The van der Waals surface area contributed by atoms with Crippen molar-refractivity contribution in [2.45, 2.75) is 19.9 Å². The van der Waals surface area contributed by atoms with Crippen LogP contribution in [0.2, 0.25) is 0 Å². The van der Waals surface area contributed by atoms with Crippen LogP contribution >= 0.6 is 0 Å². The molecule has 6 nitrogen and oxygen atoms in total. The van der Waals surface area contributed by atoms with E-state index in [0.717, 1.165) is 11.5 Å². The number of carbonyl (C=O) groups is 2. The number of methoxy groups -OCH3 is 1. The normalized spacial score (nSPS) is 11.7. The fourth-order valence-electron chi connectivity index (χ4n) is 2.41. The number of amides is 1. The largest absolute Gasteiger partial charge is 0.497 e. The highest BCUT2D eigenvalue weighted by Gasteiger charge is 2.18. The highest BCUT2D eigenvalue weighted by Crippen LogP contribution is 2.17. The molecule has 0 aliphatic rings. The maximum absolute atomic E-state index is 12.4. The summed E-state index contributed by atoms with van der Waals surface area (Å²) in [4.78, 5) is 25.6. The Bertz CT molecular complexity index is 757. The maximum atomic E-state index is 12.4. The number of carbonyl (C=O) groups excluding carboxylic acids is 2. The lowest BCUT2D eigenvalue weighted by Gasteiger charge is -2.24. The van der Waals surface area contributed by atoms with Crippen molar-refractivity contribution in [2.24, 2.45) is 0 Å². The number of benzene rings is 2. The number of Topliss-reactive ketones (excluding diaryl/α,β-unsaturated/α-hetero) is 1. The van der Waals surface area contributed by atoms with Gasteiger partial charge in [-0.1, -0.05) is 0 Å². The molecule has 0 unspecified atom stereocenters. The zero-order valence-corrected chi connectivity index (χ0v) is 16.2. The van der Waals surface area contributed by atoms with Gasteiger partial charge in [0.15, 0.2) is 5.78 Å². The van der Waals surface area contributed by atoms with Gasteiger partial charge in [0.25, 0.3) is 0 Å². The lowest BCUT2D eigenvalue weighted by molar-refractivity contribution is -0.120. The van der Waals surface area contributed by atoms with Crippen LogP contribution in [-0.4, -0.2) is 49.9 Å². The van der Waals surface area contributed by atoms with E-state index in [2.05, 4.69) is 5.32 Å². The highest BCUT2D eigenvalue weighted by atomic mass is 16.5. The molecule has 0 spiro atoms. The molecule has 0 aromatic heterocycles. The first-order chi connectivity index (χ1) is 12.9. The van der Waals surface area contributed by atoms with Crippen LogP contribution in [0.4, 0.5) is 5.69 Å². The third-order valence-corrected chi connectivity index (χ3v) is 4.37. The minimum Gasteiger partial charge on any atom is -0.497 e. The second-order valence-corrected chi connectivity index (χ2v) is 6.30. The fraction of sp³-hybridized carbons (Fsp3) is 0.333. The van der Waals surface area contributed by atoms with Gasteiger partial charge in [0.05, 0.1) is 13.2 Å². The average molecular weight is 370 g/mol. The first-order valence-electron chi connectivity index (χ1n) is 8.79. The van der Waals surface area contributed by atoms with E-state index in [1.54, 1.807) is 31.4 Å². The number of rotatable bonds is 9.